The van der Waals surface area contributed by atoms with Crippen LogP contribution in [0.2, 0.25) is 0 Å². The molecule has 0 aliphatic carbocycles. The Labute approximate surface area is 95.4 Å². The Kier molecular flexibility index (Phi) is 5.13. The topological polar surface area (TPSA) is 0 Å². The maximum absolute atomic E-state index is 5.54. The fourth-order valence-electron chi connectivity index (χ4n) is 1.13. The van der Waals surface area contributed by atoms with Gasteiger partial charge in [-0.05, 0) is 25.5 Å². The van der Waals surface area contributed by atoms with Crippen molar-refractivity contribution in [2.45, 2.75) is 18.7 Å². The second kappa shape index (κ2) is 6.15. The zero-order valence-electron chi connectivity index (χ0n) is 8.59. The van der Waals surface area contributed by atoms with E-state index in [-0.39, 0.29) is 0 Å². The van der Waals surface area contributed by atoms with Gasteiger partial charge in [-0.15, -0.1) is 23.4 Å². The minimum Gasteiger partial charge on any atom is -0.122 e. The van der Waals surface area contributed by atoms with Gasteiger partial charge >= 0.3 is 0 Å². The third-order valence-corrected chi connectivity index (χ3v) is 3.22. The Morgan fingerprint density at radius 2 is 2.07 bits per heavy atom. The lowest BCUT2D eigenvalue weighted by Crippen LogP contribution is -1.82. The maximum atomic E-state index is 5.54. The largest absolute Gasteiger partial charge is 0.122 e. The van der Waals surface area contributed by atoms with Crippen molar-refractivity contribution in [3.8, 4) is 0 Å². The lowest BCUT2D eigenvalue weighted by molar-refractivity contribution is 1.26. The van der Waals surface area contributed by atoms with E-state index in [0.717, 1.165) is 5.75 Å². The summed E-state index contributed by atoms with van der Waals surface area (Å²) in [6, 6.07) is 6.55. The number of allylic oxidation sites excluding steroid dienone is 1. The molecule has 0 N–H and O–H groups in total. The molecule has 2 heteroatoms. The first kappa shape index (κ1) is 11.7. The summed E-state index contributed by atoms with van der Waals surface area (Å²) in [6.07, 6.45) is 4.10. The van der Waals surface area contributed by atoms with Gasteiger partial charge in [0.25, 0.3) is 0 Å². The van der Waals surface area contributed by atoms with Crippen LogP contribution >= 0.6 is 23.4 Å². The fourth-order valence-corrected chi connectivity index (χ4v) is 2.23. The van der Waals surface area contributed by atoms with Gasteiger partial charge in [-0.1, -0.05) is 29.8 Å². The first-order chi connectivity index (χ1) is 6.74. The van der Waals surface area contributed by atoms with Gasteiger partial charge in [-0.25, -0.2) is 0 Å². The molecule has 0 atom stereocenters. The number of thioether (sulfide) groups is 1. The summed E-state index contributed by atoms with van der Waals surface area (Å²) >= 11 is 7.40. The summed E-state index contributed by atoms with van der Waals surface area (Å²) in [6.45, 7) is 4.27. The lowest BCUT2D eigenvalue weighted by Gasteiger charge is -2.04. The van der Waals surface area contributed by atoms with Crippen LogP contribution < -0.4 is 0 Å². The number of halogens is 1. The van der Waals surface area contributed by atoms with Crippen LogP contribution in [0, 0.1) is 13.8 Å². The standard InChI is InChI=1S/C12H15ClS/c1-10-5-6-11(2)12(9-10)14-8-4-3-7-13/h3-6,9H,7-8H2,1-2H3. The molecule has 0 aliphatic heterocycles. The van der Waals surface area contributed by atoms with Crippen molar-refractivity contribution in [2.24, 2.45) is 0 Å². The van der Waals surface area contributed by atoms with Crippen molar-refractivity contribution in [1.29, 1.82) is 0 Å². The third-order valence-electron chi connectivity index (χ3n) is 1.93. The van der Waals surface area contributed by atoms with E-state index in [1.165, 1.54) is 16.0 Å². The van der Waals surface area contributed by atoms with Gasteiger partial charge < -0.3 is 0 Å². The minimum atomic E-state index is 0.605. The van der Waals surface area contributed by atoms with E-state index >= 15 is 0 Å². The Morgan fingerprint density at radius 1 is 1.29 bits per heavy atom. The smallest absolute Gasteiger partial charge is 0.0404 e. The Bertz CT molecular complexity index is 318. The number of hydrogen-bond acceptors (Lipinski definition) is 1. The van der Waals surface area contributed by atoms with E-state index in [2.05, 4.69) is 38.1 Å². The van der Waals surface area contributed by atoms with E-state index in [1.807, 2.05) is 17.8 Å². The molecule has 0 bridgehead atoms. The second-order valence-corrected chi connectivity index (χ2v) is 4.58. The summed E-state index contributed by atoms with van der Waals surface area (Å²) in [5.41, 5.74) is 2.67. The molecule has 0 aliphatic rings. The molecule has 0 amide bonds. The molecular weight excluding hydrogens is 212 g/mol. The van der Waals surface area contributed by atoms with Crippen molar-refractivity contribution >= 4 is 23.4 Å². The van der Waals surface area contributed by atoms with E-state index in [0.29, 0.717) is 5.88 Å². The highest BCUT2D eigenvalue weighted by molar-refractivity contribution is 7.99. The average molecular weight is 227 g/mol. The maximum Gasteiger partial charge on any atom is 0.0404 e. The monoisotopic (exact) mass is 226 g/mol. The third kappa shape index (κ3) is 3.77. The minimum absolute atomic E-state index is 0.605. The molecule has 0 radical (unpaired) electrons. The van der Waals surface area contributed by atoms with Crippen LogP contribution in [0.25, 0.3) is 0 Å². The van der Waals surface area contributed by atoms with Crippen molar-refractivity contribution in [3.05, 3.63) is 41.5 Å². The number of alkyl halides is 1. The molecule has 0 aromatic heterocycles. The van der Waals surface area contributed by atoms with Crippen LogP contribution in [0.15, 0.2) is 35.2 Å². The van der Waals surface area contributed by atoms with E-state index < -0.39 is 0 Å². The summed E-state index contributed by atoms with van der Waals surface area (Å²) < 4.78 is 0. The fraction of sp³-hybridized carbons (Fsp3) is 0.333. The first-order valence-electron chi connectivity index (χ1n) is 4.65. The predicted octanol–water partition coefficient (Wildman–Crippen LogP) is 4.19. The van der Waals surface area contributed by atoms with Crippen LogP contribution in [0.1, 0.15) is 11.1 Å². The van der Waals surface area contributed by atoms with Gasteiger partial charge in [0.15, 0.2) is 0 Å². The second-order valence-electron chi connectivity index (χ2n) is 3.21. The highest BCUT2D eigenvalue weighted by atomic mass is 35.5. The van der Waals surface area contributed by atoms with Gasteiger partial charge in [-0.3, -0.25) is 0 Å². The van der Waals surface area contributed by atoms with E-state index in [9.17, 15) is 0 Å². The van der Waals surface area contributed by atoms with Crippen molar-refractivity contribution in [2.75, 3.05) is 11.6 Å². The quantitative estimate of drug-likeness (QED) is 0.422. The molecule has 0 spiro atoms. The predicted molar refractivity (Wildman–Crippen MR) is 66.5 cm³/mol. The molecule has 1 aromatic rings. The number of benzene rings is 1. The molecule has 0 saturated heterocycles. The summed E-state index contributed by atoms with van der Waals surface area (Å²) in [4.78, 5) is 1.37. The van der Waals surface area contributed by atoms with Gasteiger partial charge in [0.1, 0.15) is 0 Å². The molecule has 0 unspecified atom stereocenters. The molecule has 0 nitrogen and oxygen atoms in total. The number of aryl methyl sites for hydroxylation is 2. The molecule has 0 fully saturated rings. The van der Waals surface area contributed by atoms with E-state index in [4.69, 9.17) is 11.6 Å². The van der Waals surface area contributed by atoms with Gasteiger partial charge in [-0.2, -0.15) is 0 Å². The van der Waals surface area contributed by atoms with Crippen molar-refractivity contribution in [3.63, 3.8) is 0 Å². The normalized spacial score (nSPS) is 11.1. The van der Waals surface area contributed by atoms with Gasteiger partial charge in [0, 0.05) is 16.5 Å². The molecule has 76 valence electrons. The van der Waals surface area contributed by atoms with E-state index in [1.54, 1.807) is 0 Å². The summed E-state index contributed by atoms with van der Waals surface area (Å²) in [7, 11) is 0. The van der Waals surface area contributed by atoms with Crippen molar-refractivity contribution in [1.82, 2.24) is 0 Å². The molecule has 1 rings (SSSR count). The number of rotatable bonds is 4. The molecule has 14 heavy (non-hydrogen) atoms. The zero-order valence-corrected chi connectivity index (χ0v) is 10.2. The Balaban J connectivity index is 2.57. The zero-order chi connectivity index (χ0) is 10.4. The lowest BCUT2D eigenvalue weighted by atomic mass is 10.2. The van der Waals surface area contributed by atoms with Crippen LogP contribution in [0.3, 0.4) is 0 Å². The van der Waals surface area contributed by atoms with Gasteiger partial charge in [0.05, 0.1) is 0 Å². The first-order valence-corrected chi connectivity index (χ1v) is 6.17. The highest BCUT2D eigenvalue weighted by Crippen LogP contribution is 2.23. The van der Waals surface area contributed by atoms with Crippen LogP contribution in [-0.2, 0) is 0 Å². The molecule has 1 aromatic carbocycles. The highest BCUT2D eigenvalue weighted by Gasteiger charge is 1.97. The molecular formula is C12H15ClS. The SMILES string of the molecule is Cc1ccc(C)c(SCC=CCCl)c1. The Hall–Kier alpha value is -0.400. The summed E-state index contributed by atoms with van der Waals surface area (Å²) in [5, 5.41) is 0. The average Bonchev–Trinajstić information content (AvgIpc) is 2.18. The summed E-state index contributed by atoms with van der Waals surface area (Å²) in [5.74, 6) is 1.60. The molecule has 0 saturated carbocycles. The Morgan fingerprint density at radius 3 is 2.79 bits per heavy atom. The van der Waals surface area contributed by atoms with Crippen molar-refractivity contribution < 1.29 is 0 Å². The van der Waals surface area contributed by atoms with Crippen LogP contribution in [0.4, 0.5) is 0 Å². The van der Waals surface area contributed by atoms with Crippen LogP contribution in [-0.4, -0.2) is 11.6 Å². The molecule has 0 heterocycles. The van der Waals surface area contributed by atoms with Gasteiger partial charge in [0.2, 0.25) is 0 Å². The number of hydrogen-bond donors (Lipinski definition) is 0. The van der Waals surface area contributed by atoms with Crippen LogP contribution in [0.5, 0.6) is 0 Å².